The van der Waals surface area contributed by atoms with Gasteiger partial charge in [0.05, 0.1) is 0 Å². The van der Waals surface area contributed by atoms with E-state index in [2.05, 4.69) is 69.6 Å². The fraction of sp³-hybridized carbons (Fsp3) is 0.667. The Labute approximate surface area is 183 Å². The first-order chi connectivity index (χ1) is 12.7. The minimum atomic E-state index is 0. The summed E-state index contributed by atoms with van der Waals surface area (Å²) < 4.78 is 0. The SMILES string of the molecule is CCC(C)NC(=NC)NCCCCN1CCN(Cc2ccccc2)CC1.I. The molecule has 1 heterocycles. The maximum Gasteiger partial charge on any atom is 0.191 e. The number of piperazine rings is 1. The molecule has 1 aromatic carbocycles. The first-order valence-corrected chi connectivity index (χ1v) is 10.2. The number of hydrogen-bond acceptors (Lipinski definition) is 3. The lowest BCUT2D eigenvalue weighted by atomic mass is 10.2. The molecular weight excluding hydrogens is 449 g/mol. The van der Waals surface area contributed by atoms with Gasteiger partial charge in [-0.2, -0.15) is 0 Å². The van der Waals surface area contributed by atoms with Crippen molar-refractivity contribution in [2.45, 2.75) is 45.7 Å². The van der Waals surface area contributed by atoms with Gasteiger partial charge in [0.1, 0.15) is 0 Å². The van der Waals surface area contributed by atoms with Gasteiger partial charge in [-0.3, -0.25) is 9.89 Å². The highest BCUT2D eigenvalue weighted by Gasteiger charge is 2.16. The summed E-state index contributed by atoms with van der Waals surface area (Å²) >= 11 is 0. The van der Waals surface area contributed by atoms with Gasteiger partial charge in [0.15, 0.2) is 5.96 Å². The maximum atomic E-state index is 4.28. The van der Waals surface area contributed by atoms with Gasteiger partial charge in [0, 0.05) is 52.4 Å². The number of nitrogens with zero attached hydrogens (tertiary/aromatic N) is 3. The molecule has 0 amide bonds. The predicted octanol–water partition coefficient (Wildman–Crippen LogP) is 3.17. The Morgan fingerprint density at radius 3 is 2.37 bits per heavy atom. The summed E-state index contributed by atoms with van der Waals surface area (Å²) in [6.07, 6.45) is 3.54. The minimum absolute atomic E-state index is 0. The molecule has 1 aromatic rings. The third kappa shape index (κ3) is 9.76. The van der Waals surface area contributed by atoms with Crippen molar-refractivity contribution in [3.8, 4) is 0 Å². The van der Waals surface area contributed by atoms with Crippen molar-refractivity contribution in [2.24, 2.45) is 4.99 Å². The van der Waals surface area contributed by atoms with Crippen LogP contribution in [0.15, 0.2) is 35.3 Å². The number of rotatable bonds is 9. The third-order valence-electron chi connectivity index (χ3n) is 5.13. The highest BCUT2D eigenvalue weighted by molar-refractivity contribution is 14.0. The number of halogens is 1. The largest absolute Gasteiger partial charge is 0.356 e. The quantitative estimate of drug-likeness (QED) is 0.243. The lowest BCUT2D eigenvalue weighted by Gasteiger charge is -2.34. The molecule has 0 aromatic heterocycles. The van der Waals surface area contributed by atoms with Crippen LogP contribution in [0.4, 0.5) is 0 Å². The zero-order chi connectivity index (χ0) is 18.6. The number of hydrogen-bond donors (Lipinski definition) is 2. The van der Waals surface area contributed by atoms with E-state index in [0.29, 0.717) is 6.04 Å². The molecule has 5 nitrogen and oxygen atoms in total. The molecule has 0 spiro atoms. The Balaban J connectivity index is 0.00000364. The van der Waals surface area contributed by atoms with E-state index in [-0.39, 0.29) is 24.0 Å². The molecule has 1 aliphatic rings. The molecule has 154 valence electrons. The van der Waals surface area contributed by atoms with Gasteiger partial charge >= 0.3 is 0 Å². The summed E-state index contributed by atoms with van der Waals surface area (Å²) in [5.74, 6) is 0.925. The van der Waals surface area contributed by atoms with Crippen molar-refractivity contribution in [1.82, 2.24) is 20.4 Å². The molecule has 6 heteroatoms. The van der Waals surface area contributed by atoms with Crippen molar-refractivity contribution < 1.29 is 0 Å². The molecule has 0 bridgehead atoms. The van der Waals surface area contributed by atoms with Crippen LogP contribution in [0.5, 0.6) is 0 Å². The molecule has 0 saturated carbocycles. The summed E-state index contributed by atoms with van der Waals surface area (Å²) in [6.45, 7) is 12.4. The smallest absolute Gasteiger partial charge is 0.191 e. The molecule has 1 unspecified atom stereocenters. The van der Waals surface area contributed by atoms with Gasteiger partial charge in [0.2, 0.25) is 0 Å². The van der Waals surface area contributed by atoms with Crippen LogP contribution < -0.4 is 10.6 Å². The monoisotopic (exact) mass is 487 g/mol. The predicted molar refractivity (Wildman–Crippen MR) is 127 cm³/mol. The van der Waals surface area contributed by atoms with E-state index in [1.165, 1.54) is 51.1 Å². The van der Waals surface area contributed by atoms with E-state index >= 15 is 0 Å². The van der Waals surface area contributed by atoms with Crippen LogP contribution in [-0.2, 0) is 6.54 Å². The first kappa shape index (κ1) is 24.2. The van der Waals surface area contributed by atoms with Crippen LogP contribution in [0.2, 0.25) is 0 Å². The first-order valence-electron chi connectivity index (χ1n) is 10.2. The van der Waals surface area contributed by atoms with Crippen LogP contribution in [0.1, 0.15) is 38.7 Å². The maximum absolute atomic E-state index is 4.28. The second kappa shape index (κ2) is 14.2. The zero-order valence-electron chi connectivity index (χ0n) is 17.3. The van der Waals surface area contributed by atoms with E-state index in [1.54, 1.807) is 0 Å². The van der Waals surface area contributed by atoms with E-state index in [1.807, 2.05) is 7.05 Å². The lowest BCUT2D eigenvalue weighted by Crippen LogP contribution is -2.46. The van der Waals surface area contributed by atoms with E-state index in [9.17, 15) is 0 Å². The van der Waals surface area contributed by atoms with Crippen LogP contribution in [0.3, 0.4) is 0 Å². The zero-order valence-corrected chi connectivity index (χ0v) is 19.6. The fourth-order valence-corrected chi connectivity index (χ4v) is 3.21. The van der Waals surface area contributed by atoms with Gasteiger partial charge in [-0.05, 0) is 38.3 Å². The van der Waals surface area contributed by atoms with Crippen LogP contribution in [0.25, 0.3) is 0 Å². The number of benzene rings is 1. The molecule has 1 saturated heterocycles. The van der Waals surface area contributed by atoms with Crippen LogP contribution in [-0.4, -0.2) is 68.1 Å². The Morgan fingerprint density at radius 1 is 1.07 bits per heavy atom. The number of nitrogens with one attached hydrogen (secondary N) is 2. The normalized spacial score (nSPS) is 17.2. The van der Waals surface area contributed by atoms with Gasteiger partial charge in [0.25, 0.3) is 0 Å². The summed E-state index contributed by atoms with van der Waals surface area (Å²) in [6, 6.07) is 11.3. The van der Waals surface area contributed by atoms with Gasteiger partial charge in [-0.25, -0.2) is 0 Å². The molecular formula is C21H38IN5. The molecule has 2 rings (SSSR count). The second-order valence-electron chi connectivity index (χ2n) is 7.26. The Kier molecular flexibility index (Phi) is 12.7. The third-order valence-corrected chi connectivity index (χ3v) is 5.13. The van der Waals surface area contributed by atoms with Crippen molar-refractivity contribution in [2.75, 3.05) is 46.3 Å². The Bertz CT molecular complexity index is 515. The van der Waals surface area contributed by atoms with Gasteiger partial charge in [-0.1, -0.05) is 37.3 Å². The van der Waals surface area contributed by atoms with Gasteiger partial charge in [-0.15, -0.1) is 24.0 Å². The highest BCUT2D eigenvalue weighted by atomic mass is 127. The molecule has 1 fully saturated rings. The summed E-state index contributed by atoms with van der Waals surface area (Å²) in [7, 11) is 1.84. The Morgan fingerprint density at radius 2 is 1.74 bits per heavy atom. The van der Waals surface area contributed by atoms with Crippen LogP contribution in [0, 0.1) is 0 Å². The van der Waals surface area contributed by atoms with Crippen molar-refractivity contribution in [1.29, 1.82) is 0 Å². The molecule has 0 aliphatic carbocycles. The average molecular weight is 487 g/mol. The molecule has 1 atom stereocenters. The number of aliphatic imine (C=N–C) groups is 1. The number of guanidine groups is 1. The van der Waals surface area contributed by atoms with E-state index < -0.39 is 0 Å². The number of unbranched alkanes of at least 4 members (excludes halogenated alkanes) is 1. The van der Waals surface area contributed by atoms with E-state index in [0.717, 1.165) is 25.5 Å². The highest BCUT2D eigenvalue weighted by Crippen LogP contribution is 2.09. The van der Waals surface area contributed by atoms with Crippen molar-refractivity contribution >= 4 is 29.9 Å². The van der Waals surface area contributed by atoms with Crippen molar-refractivity contribution in [3.05, 3.63) is 35.9 Å². The summed E-state index contributed by atoms with van der Waals surface area (Å²) in [5, 5.41) is 6.82. The molecule has 2 N–H and O–H groups in total. The molecule has 1 aliphatic heterocycles. The summed E-state index contributed by atoms with van der Waals surface area (Å²) in [4.78, 5) is 9.46. The lowest BCUT2D eigenvalue weighted by molar-refractivity contribution is 0.126. The minimum Gasteiger partial charge on any atom is -0.356 e. The van der Waals surface area contributed by atoms with Gasteiger partial charge < -0.3 is 15.5 Å². The van der Waals surface area contributed by atoms with Crippen LogP contribution >= 0.6 is 24.0 Å². The average Bonchev–Trinajstić information content (AvgIpc) is 2.68. The van der Waals surface area contributed by atoms with Crippen molar-refractivity contribution in [3.63, 3.8) is 0 Å². The Hall–Kier alpha value is -0.860. The fourth-order valence-electron chi connectivity index (χ4n) is 3.21. The second-order valence-corrected chi connectivity index (χ2v) is 7.26. The standard InChI is InChI=1S/C21H37N5.HI/c1-4-19(2)24-21(22-3)23-12-8-9-13-25-14-16-26(17-15-25)18-20-10-6-5-7-11-20;/h5-7,10-11,19H,4,8-9,12-18H2,1-3H3,(H2,22,23,24);1H. The molecule has 27 heavy (non-hydrogen) atoms. The van der Waals surface area contributed by atoms with E-state index in [4.69, 9.17) is 0 Å². The molecule has 0 radical (unpaired) electrons. The summed E-state index contributed by atoms with van der Waals surface area (Å²) in [5.41, 5.74) is 1.42. The topological polar surface area (TPSA) is 42.9 Å².